The first-order valence-electron chi connectivity index (χ1n) is 6.86. The first-order valence-corrected chi connectivity index (χ1v) is 7.68. The molecular formula is C17H12ClN3OS. The van der Waals surface area contributed by atoms with Crippen LogP contribution in [0.15, 0.2) is 65.2 Å². The highest BCUT2D eigenvalue weighted by Gasteiger charge is 2.33. The highest BCUT2D eigenvalue weighted by molar-refractivity contribution is 7.84. The van der Waals surface area contributed by atoms with E-state index in [0.29, 0.717) is 10.1 Å². The van der Waals surface area contributed by atoms with Gasteiger partial charge in [-0.25, -0.2) is 0 Å². The third kappa shape index (κ3) is 2.91. The van der Waals surface area contributed by atoms with E-state index in [0.717, 1.165) is 11.3 Å². The number of carbonyl (C=O) groups excluding carboxylic acids is 1. The Bertz CT molecular complexity index is 812. The summed E-state index contributed by atoms with van der Waals surface area (Å²) >= 11 is 10.4. The molecule has 1 heterocycles. The molecule has 4 nitrogen and oxygen atoms in total. The van der Waals surface area contributed by atoms with E-state index < -0.39 is 12.1 Å². The minimum atomic E-state index is -0.450. The zero-order chi connectivity index (χ0) is 16.4. The SMILES string of the molecule is N#CC1=C(S)N(c2ccc(Cl)cc2)C(c2ccccc2)NC1=O. The monoisotopic (exact) mass is 341 g/mol. The summed E-state index contributed by atoms with van der Waals surface area (Å²) in [5, 5.41) is 13.0. The van der Waals surface area contributed by atoms with Gasteiger partial charge in [0.2, 0.25) is 0 Å². The molecule has 1 atom stereocenters. The van der Waals surface area contributed by atoms with Crippen molar-refractivity contribution in [2.45, 2.75) is 6.17 Å². The zero-order valence-corrected chi connectivity index (χ0v) is 13.6. The van der Waals surface area contributed by atoms with Crippen molar-refractivity contribution in [1.29, 1.82) is 5.26 Å². The Balaban J connectivity index is 2.15. The van der Waals surface area contributed by atoms with Crippen LogP contribution in [0.3, 0.4) is 0 Å². The number of thiol groups is 1. The highest BCUT2D eigenvalue weighted by Crippen LogP contribution is 2.35. The lowest BCUT2D eigenvalue weighted by atomic mass is 10.1. The Morgan fingerprint density at radius 1 is 1.13 bits per heavy atom. The van der Waals surface area contributed by atoms with Gasteiger partial charge >= 0.3 is 0 Å². The molecule has 6 heteroatoms. The van der Waals surface area contributed by atoms with Crippen LogP contribution in [0.5, 0.6) is 0 Å². The maximum Gasteiger partial charge on any atom is 0.266 e. The number of nitrogens with one attached hydrogen (secondary N) is 1. The zero-order valence-electron chi connectivity index (χ0n) is 11.9. The Morgan fingerprint density at radius 3 is 2.39 bits per heavy atom. The largest absolute Gasteiger partial charge is 0.327 e. The first kappa shape index (κ1) is 15.5. The van der Waals surface area contributed by atoms with Gasteiger partial charge in [0.1, 0.15) is 17.8 Å². The molecule has 0 radical (unpaired) electrons. The van der Waals surface area contributed by atoms with Crippen LogP contribution in [0.1, 0.15) is 11.7 Å². The first-order chi connectivity index (χ1) is 11.1. The van der Waals surface area contributed by atoms with E-state index in [-0.39, 0.29) is 5.57 Å². The molecule has 1 aliphatic rings. The Morgan fingerprint density at radius 2 is 1.78 bits per heavy atom. The van der Waals surface area contributed by atoms with E-state index in [1.54, 1.807) is 17.0 Å². The number of nitriles is 1. The average molecular weight is 342 g/mol. The van der Waals surface area contributed by atoms with Crippen LogP contribution in [-0.2, 0) is 4.79 Å². The van der Waals surface area contributed by atoms with Crippen LogP contribution in [0.2, 0.25) is 5.02 Å². The Hall–Kier alpha value is -2.42. The molecule has 3 rings (SSSR count). The second-order valence-corrected chi connectivity index (χ2v) is 5.80. The van der Waals surface area contributed by atoms with Gasteiger partial charge in [-0.3, -0.25) is 4.79 Å². The third-order valence-corrected chi connectivity index (χ3v) is 4.23. The van der Waals surface area contributed by atoms with Crippen molar-refractivity contribution in [3.63, 3.8) is 0 Å². The number of rotatable bonds is 2. The number of hydrogen-bond acceptors (Lipinski definition) is 4. The molecule has 1 amide bonds. The van der Waals surface area contributed by atoms with E-state index in [9.17, 15) is 10.1 Å². The average Bonchev–Trinajstić information content (AvgIpc) is 2.57. The van der Waals surface area contributed by atoms with E-state index in [4.69, 9.17) is 11.6 Å². The number of amides is 1. The molecule has 0 spiro atoms. The lowest BCUT2D eigenvalue weighted by molar-refractivity contribution is -0.118. The molecule has 0 saturated heterocycles. The van der Waals surface area contributed by atoms with Crippen LogP contribution in [0.4, 0.5) is 5.69 Å². The molecule has 0 fully saturated rings. The van der Waals surface area contributed by atoms with Gasteiger partial charge in [-0.15, -0.1) is 12.6 Å². The van der Waals surface area contributed by atoms with Crippen LogP contribution in [0, 0.1) is 11.3 Å². The van der Waals surface area contributed by atoms with E-state index in [2.05, 4.69) is 17.9 Å². The molecule has 0 bridgehead atoms. The van der Waals surface area contributed by atoms with E-state index in [1.807, 2.05) is 48.5 Å². The van der Waals surface area contributed by atoms with Crippen molar-refractivity contribution in [3.8, 4) is 6.07 Å². The molecule has 2 aromatic carbocycles. The van der Waals surface area contributed by atoms with Gasteiger partial charge in [0, 0.05) is 10.7 Å². The molecule has 0 aromatic heterocycles. The van der Waals surface area contributed by atoms with Gasteiger partial charge < -0.3 is 10.2 Å². The van der Waals surface area contributed by atoms with Crippen molar-refractivity contribution in [2.24, 2.45) is 0 Å². The summed E-state index contributed by atoms with van der Waals surface area (Å²) in [7, 11) is 0. The molecule has 114 valence electrons. The second kappa shape index (κ2) is 6.37. The normalized spacial score (nSPS) is 17.7. The van der Waals surface area contributed by atoms with Gasteiger partial charge in [0.15, 0.2) is 0 Å². The molecule has 1 N–H and O–H groups in total. The predicted molar refractivity (Wildman–Crippen MR) is 92.9 cm³/mol. The van der Waals surface area contributed by atoms with Gasteiger partial charge in [-0.1, -0.05) is 41.9 Å². The summed E-state index contributed by atoms with van der Waals surface area (Å²) in [6, 6.07) is 18.6. The summed E-state index contributed by atoms with van der Waals surface area (Å²) in [6.07, 6.45) is -0.450. The number of benzene rings is 2. The van der Waals surface area contributed by atoms with Crippen molar-refractivity contribution < 1.29 is 4.79 Å². The fourth-order valence-corrected chi connectivity index (χ4v) is 2.96. The number of halogens is 1. The summed E-state index contributed by atoms with van der Waals surface area (Å²) in [5.74, 6) is -0.434. The van der Waals surface area contributed by atoms with Gasteiger partial charge in [0.05, 0.1) is 5.03 Å². The van der Waals surface area contributed by atoms with Crippen LogP contribution in [-0.4, -0.2) is 5.91 Å². The number of carbonyl (C=O) groups is 1. The van der Waals surface area contributed by atoms with Gasteiger partial charge in [-0.05, 0) is 29.8 Å². The maximum absolute atomic E-state index is 12.2. The summed E-state index contributed by atoms with van der Waals surface area (Å²) in [6.45, 7) is 0. The van der Waals surface area contributed by atoms with Crippen LogP contribution >= 0.6 is 24.2 Å². The number of anilines is 1. The number of nitrogens with zero attached hydrogens (tertiary/aromatic N) is 2. The van der Waals surface area contributed by atoms with Crippen molar-refractivity contribution in [3.05, 3.63) is 75.8 Å². The van der Waals surface area contributed by atoms with E-state index in [1.165, 1.54) is 0 Å². The smallest absolute Gasteiger partial charge is 0.266 e. The minimum absolute atomic E-state index is 0.0181. The van der Waals surface area contributed by atoms with Crippen LogP contribution < -0.4 is 10.2 Å². The molecule has 2 aromatic rings. The Kier molecular flexibility index (Phi) is 4.28. The molecule has 1 unspecified atom stereocenters. The topological polar surface area (TPSA) is 56.1 Å². The van der Waals surface area contributed by atoms with Gasteiger partial charge in [0.25, 0.3) is 5.91 Å². The molecular weight excluding hydrogens is 330 g/mol. The lowest BCUT2D eigenvalue weighted by Crippen LogP contribution is -2.46. The third-order valence-electron chi connectivity index (χ3n) is 3.54. The molecule has 23 heavy (non-hydrogen) atoms. The fraction of sp³-hybridized carbons (Fsp3) is 0.0588. The summed E-state index contributed by atoms with van der Waals surface area (Å²) in [4.78, 5) is 14.0. The summed E-state index contributed by atoms with van der Waals surface area (Å²) < 4.78 is 0. The maximum atomic E-state index is 12.2. The molecule has 0 aliphatic carbocycles. The van der Waals surface area contributed by atoms with Crippen molar-refractivity contribution >= 4 is 35.8 Å². The lowest BCUT2D eigenvalue weighted by Gasteiger charge is -2.38. The minimum Gasteiger partial charge on any atom is -0.327 e. The highest BCUT2D eigenvalue weighted by atomic mass is 35.5. The predicted octanol–water partition coefficient (Wildman–Crippen LogP) is 3.64. The van der Waals surface area contributed by atoms with E-state index >= 15 is 0 Å². The van der Waals surface area contributed by atoms with Crippen molar-refractivity contribution in [1.82, 2.24) is 5.32 Å². The fourth-order valence-electron chi connectivity index (χ4n) is 2.45. The van der Waals surface area contributed by atoms with Crippen molar-refractivity contribution in [2.75, 3.05) is 4.90 Å². The van der Waals surface area contributed by atoms with Crippen LogP contribution in [0.25, 0.3) is 0 Å². The standard InChI is InChI=1S/C17H12ClN3OS/c18-12-6-8-13(9-7-12)21-15(11-4-2-1-3-5-11)20-16(22)14(10-19)17(21)23/h1-9,15,23H,(H,20,22). The summed E-state index contributed by atoms with van der Waals surface area (Å²) in [5.41, 5.74) is 1.65. The second-order valence-electron chi connectivity index (χ2n) is 4.94. The molecule has 0 saturated carbocycles. The molecule has 1 aliphatic heterocycles. The number of hydrogen-bond donors (Lipinski definition) is 2. The quantitative estimate of drug-likeness (QED) is 0.820. The Labute approximate surface area is 144 Å². The van der Waals surface area contributed by atoms with Gasteiger partial charge in [-0.2, -0.15) is 5.26 Å².